The minimum Gasteiger partial charge on any atom is -0.481 e. The van der Waals surface area contributed by atoms with E-state index >= 15 is 0 Å². The summed E-state index contributed by atoms with van der Waals surface area (Å²) < 4.78 is 2.92. The number of hydrogen-bond donors (Lipinski definition) is 1. The Hall–Kier alpha value is -0.880. The third-order valence-corrected chi connectivity index (χ3v) is 4.81. The predicted octanol–water partition coefficient (Wildman–Crippen LogP) is 2.32. The van der Waals surface area contributed by atoms with Crippen molar-refractivity contribution < 1.29 is 9.90 Å². The van der Waals surface area contributed by atoms with Crippen LogP contribution in [-0.4, -0.2) is 38.3 Å². The van der Waals surface area contributed by atoms with Crippen LogP contribution in [-0.2, 0) is 18.4 Å². The summed E-state index contributed by atoms with van der Waals surface area (Å²) in [5.74, 6) is -0.711. The number of carboxylic acid groups (broad SMARTS) is 1. The zero-order chi connectivity index (χ0) is 14.0. The minimum atomic E-state index is -0.711. The van der Waals surface area contributed by atoms with E-state index in [2.05, 4.69) is 25.9 Å². The first kappa shape index (κ1) is 14.5. The summed E-state index contributed by atoms with van der Waals surface area (Å²) in [5, 5.41) is 13.4. The van der Waals surface area contributed by atoms with Crippen molar-refractivity contribution in [2.45, 2.75) is 45.2 Å². The van der Waals surface area contributed by atoms with Gasteiger partial charge in [-0.15, -0.1) is 0 Å². The van der Waals surface area contributed by atoms with E-state index in [0.29, 0.717) is 0 Å². The van der Waals surface area contributed by atoms with Crippen LogP contribution < -0.4 is 0 Å². The van der Waals surface area contributed by atoms with Gasteiger partial charge in [-0.05, 0) is 42.2 Å². The first-order valence-corrected chi connectivity index (χ1v) is 7.42. The lowest BCUT2D eigenvalue weighted by molar-refractivity contribution is -0.138. The van der Waals surface area contributed by atoms with Crippen molar-refractivity contribution in [2.75, 3.05) is 6.54 Å². The van der Waals surface area contributed by atoms with Gasteiger partial charge in [0.15, 0.2) is 0 Å². The highest BCUT2D eigenvalue weighted by molar-refractivity contribution is 9.10. The van der Waals surface area contributed by atoms with E-state index in [-0.39, 0.29) is 12.5 Å². The molecule has 0 bridgehead atoms. The van der Waals surface area contributed by atoms with Crippen molar-refractivity contribution in [1.82, 2.24) is 14.7 Å². The van der Waals surface area contributed by atoms with Crippen LogP contribution in [0.25, 0.3) is 0 Å². The molecule has 1 fully saturated rings. The third-order valence-electron chi connectivity index (χ3n) is 3.77. The second-order valence-electron chi connectivity index (χ2n) is 5.19. The minimum absolute atomic E-state index is 0.147. The Morgan fingerprint density at radius 2 is 2.26 bits per heavy atom. The van der Waals surface area contributed by atoms with Gasteiger partial charge in [-0.2, -0.15) is 5.10 Å². The molecule has 1 aromatic heterocycles. The summed E-state index contributed by atoms with van der Waals surface area (Å²) in [7, 11) is 1.93. The zero-order valence-corrected chi connectivity index (χ0v) is 13.0. The van der Waals surface area contributed by atoms with Crippen LogP contribution in [0.4, 0.5) is 0 Å². The number of carboxylic acids is 1. The Balaban J connectivity index is 2.12. The number of aliphatic carboxylic acids is 1. The number of carbonyl (C=O) groups is 1. The van der Waals surface area contributed by atoms with Crippen molar-refractivity contribution in [3.8, 4) is 0 Å². The molecule has 5 nitrogen and oxygen atoms in total. The normalized spacial score (nSPS) is 20.7. The Kier molecular flexibility index (Phi) is 4.62. The Morgan fingerprint density at radius 3 is 2.84 bits per heavy atom. The van der Waals surface area contributed by atoms with E-state index in [1.54, 1.807) is 0 Å². The van der Waals surface area contributed by atoms with Gasteiger partial charge in [-0.25, -0.2) is 0 Å². The van der Waals surface area contributed by atoms with E-state index in [0.717, 1.165) is 48.2 Å². The van der Waals surface area contributed by atoms with Crippen LogP contribution in [0.5, 0.6) is 0 Å². The summed E-state index contributed by atoms with van der Waals surface area (Å²) in [6.07, 6.45) is 3.47. The van der Waals surface area contributed by atoms with Crippen molar-refractivity contribution in [3.05, 3.63) is 15.9 Å². The lowest BCUT2D eigenvalue weighted by Gasteiger charge is -2.34. The fourth-order valence-corrected chi connectivity index (χ4v) is 3.21. The van der Waals surface area contributed by atoms with Crippen molar-refractivity contribution in [3.63, 3.8) is 0 Å². The lowest BCUT2D eigenvalue weighted by Crippen LogP contribution is -2.40. The number of piperidine rings is 1. The molecule has 6 heteroatoms. The molecule has 19 heavy (non-hydrogen) atoms. The SMILES string of the molecule is Cc1nn(C)c(CN2CCCCC2CC(=O)O)c1Br. The quantitative estimate of drug-likeness (QED) is 0.920. The van der Waals surface area contributed by atoms with Gasteiger partial charge >= 0.3 is 5.97 Å². The van der Waals surface area contributed by atoms with E-state index < -0.39 is 5.97 Å². The first-order chi connectivity index (χ1) is 8.99. The van der Waals surface area contributed by atoms with Gasteiger partial charge in [-0.1, -0.05) is 6.42 Å². The number of likely N-dealkylation sites (tertiary alicyclic amines) is 1. The second-order valence-corrected chi connectivity index (χ2v) is 5.98. The van der Waals surface area contributed by atoms with Gasteiger partial charge in [0.1, 0.15) is 0 Å². The van der Waals surface area contributed by atoms with Crippen LogP contribution in [0.3, 0.4) is 0 Å². The molecule has 2 heterocycles. The van der Waals surface area contributed by atoms with Crippen molar-refractivity contribution in [1.29, 1.82) is 0 Å². The molecular weight excluding hydrogens is 310 g/mol. The summed E-state index contributed by atoms with van der Waals surface area (Å²) in [5.41, 5.74) is 2.10. The Morgan fingerprint density at radius 1 is 1.53 bits per heavy atom. The Labute approximate surface area is 121 Å². The van der Waals surface area contributed by atoms with Crippen LogP contribution in [0.15, 0.2) is 4.47 Å². The fourth-order valence-electron chi connectivity index (χ4n) is 2.75. The Bertz CT molecular complexity index is 473. The molecule has 0 aromatic carbocycles. The number of halogens is 1. The van der Waals surface area contributed by atoms with Crippen LogP contribution in [0.2, 0.25) is 0 Å². The smallest absolute Gasteiger partial charge is 0.304 e. The number of rotatable bonds is 4. The van der Waals surface area contributed by atoms with Gasteiger partial charge in [0.25, 0.3) is 0 Å². The molecule has 0 radical (unpaired) electrons. The number of aryl methyl sites for hydroxylation is 2. The standard InChI is InChI=1S/C13H20BrN3O2/c1-9-13(14)11(16(2)15-9)8-17-6-4-3-5-10(17)7-12(18)19/h10H,3-8H2,1-2H3,(H,18,19). The highest BCUT2D eigenvalue weighted by atomic mass is 79.9. The second kappa shape index (κ2) is 6.05. The third kappa shape index (κ3) is 3.36. The molecule has 1 unspecified atom stereocenters. The predicted molar refractivity (Wildman–Crippen MR) is 75.9 cm³/mol. The zero-order valence-electron chi connectivity index (χ0n) is 11.4. The topological polar surface area (TPSA) is 58.4 Å². The first-order valence-electron chi connectivity index (χ1n) is 6.63. The fraction of sp³-hybridized carbons (Fsp3) is 0.692. The summed E-state index contributed by atoms with van der Waals surface area (Å²) in [6, 6.07) is 0.147. The highest BCUT2D eigenvalue weighted by Gasteiger charge is 2.26. The molecule has 2 rings (SSSR count). The van der Waals surface area contributed by atoms with E-state index in [4.69, 9.17) is 5.11 Å². The molecular formula is C13H20BrN3O2. The van der Waals surface area contributed by atoms with Gasteiger partial charge in [0.05, 0.1) is 22.3 Å². The van der Waals surface area contributed by atoms with E-state index in [9.17, 15) is 4.79 Å². The molecule has 0 aliphatic carbocycles. The highest BCUT2D eigenvalue weighted by Crippen LogP contribution is 2.26. The van der Waals surface area contributed by atoms with Gasteiger partial charge in [0, 0.05) is 19.6 Å². The van der Waals surface area contributed by atoms with E-state index in [1.165, 1.54) is 0 Å². The molecule has 1 atom stereocenters. The molecule has 1 aliphatic rings. The lowest BCUT2D eigenvalue weighted by atomic mass is 9.99. The maximum absolute atomic E-state index is 11.0. The molecule has 1 N–H and O–H groups in total. The molecule has 1 saturated heterocycles. The van der Waals surface area contributed by atoms with Crippen LogP contribution in [0, 0.1) is 6.92 Å². The summed E-state index contributed by atoms with van der Waals surface area (Å²) in [6.45, 7) is 3.70. The number of aromatic nitrogens is 2. The van der Waals surface area contributed by atoms with E-state index in [1.807, 2.05) is 18.7 Å². The number of hydrogen-bond acceptors (Lipinski definition) is 3. The molecule has 0 amide bonds. The maximum atomic E-state index is 11.0. The molecule has 0 spiro atoms. The van der Waals surface area contributed by atoms with Crippen LogP contribution in [0.1, 0.15) is 37.1 Å². The maximum Gasteiger partial charge on any atom is 0.304 e. The molecule has 0 saturated carbocycles. The average molecular weight is 330 g/mol. The largest absolute Gasteiger partial charge is 0.481 e. The van der Waals surface area contributed by atoms with Gasteiger partial charge in [0.2, 0.25) is 0 Å². The monoisotopic (exact) mass is 329 g/mol. The average Bonchev–Trinajstić information content (AvgIpc) is 2.57. The van der Waals surface area contributed by atoms with Gasteiger partial charge in [-0.3, -0.25) is 14.4 Å². The van der Waals surface area contributed by atoms with Crippen molar-refractivity contribution >= 4 is 21.9 Å². The summed E-state index contributed by atoms with van der Waals surface area (Å²) in [4.78, 5) is 13.2. The van der Waals surface area contributed by atoms with Crippen LogP contribution >= 0.6 is 15.9 Å². The molecule has 1 aliphatic heterocycles. The summed E-state index contributed by atoms with van der Waals surface area (Å²) >= 11 is 3.57. The molecule has 106 valence electrons. The molecule has 1 aromatic rings. The number of nitrogens with zero attached hydrogens (tertiary/aromatic N) is 3. The van der Waals surface area contributed by atoms with Gasteiger partial charge < -0.3 is 5.11 Å². The van der Waals surface area contributed by atoms with Crippen molar-refractivity contribution in [2.24, 2.45) is 7.05 Å².